The minimum absolute atomic E-state index is 0.419. The van der Waals surface area contributed by atoms with Gasteiger partial charge in [-0.3, -0.25) is 0 Å². The molecule has 3 N–H and O–H groups in total. The lowest BCUT2D eigenvalue weighted by atomic mass is 10.5. The zero-order chi connectivity index (χ0) is 16.0. The summed E-state index contributed by atoms with van der Waals surface area (Å²) in [6.07, 6.45) is 2.49. The van der Waals surface area contributed by atoms with E-state index in [2.05, 4.69) is 49.6 Å². The van der Waals surface area contributed by atoms with Gasteiger partial charge in [0.1, 0.15) is 0 Å². The lowest BCUT2D eigenvalue weighted by molar-refractivity contribution is 0.850. The molecule has 0 fully saturated rings. The molecule has 21 heavy (non-hydrogen) atoms. The van der Waals surface area contributed by atoms with Crippen LogP contribution in [0.2, 0.25) is 24.2 Å². The Kier molecular flexibility index (Phi) is 14.6. The minimum atomic E-state index is -0.871. The summed E-state index contributed by atoms with van der Waals surface area (Å²) in [6.45, 7) is 8.14. The normalized spacial score (nSPS) is 11.6. The van der Waals surface area contributed by atoms with Crippen molar-refractivity contribution in [1.29, 1.82) is 0 Å². The smallest absolute Gasteiger partial charge is 0.163 e. The van der Waals surface area contributed by atoms with Gasteiger partial charge in [0.05, 0.1) is 8.07 Å². The Morgan fingerprint density at radius 3 is 2.00 bits per heavy atom. The highest BCUT2D eigenvalue weighted by molar-refractivity contribution is 8.00. The summed E-state index contributed by atoms with van der Waals surface area (Å²) in [4.78, 5) is 0. The lowest BCUT2D eigenvalue weighted by Crippen LogP contribution is -2.31. The van der Waals surface area contributed by atoms with Crippen LogP contribution >= 0.6 is 35.7 Å². The van der Waals surface area contributed by atoms with Crippen LogP contribution in [0, 0.1) is 0 Å². The first-order valence-electron chi connectivity index (χ1n) is 8.29. The maximum absolute atomic E-state index is 5.38. The van der Waals surface area contributed by atoms with Crippen LogP contribution in [0.25, 0.3) is 0 Å². The Labute approximate surface area is 147 Å². The highest BCUT2D eigenvalue weighted by Crippen LogP contribution is 2.27. The predicted molar refractivity (Wildman–Crippen MR) is 111 cm³/mol. The van der Waals surface area contributed by atoms with E-state index in [1.54, 1.807) is 0 Å². The van der Waals surface area contributed by atoms with Crippen LogP contribution in [-0.4, -0.2) is 42.7 Å². The fraction of sp³-hybridized carbons (Fsp3) is 0.933. The van der Waals surface area contributed by atoms with Crippen LogP contribution in [0.3, 0.4) is 0 Å². The number of hydrogen-bond acceptors (Lipinski definition) is 3. The molecule has 6 heteroatoms. The van der Waals surface area contributed by atoms with Gasteiger partial charge in [0, 0.05) is 6.54 Å². The van der Waals surface area contributed by atoms with Crippen LogP contribution in [-0.2, 0) is 0 Å². The topological polar surface area (TPSA) is 38.0 Å². The molecule has 0 rings (SSSR count). The highest BCUT2D eigenvalue weighted by atomic mass is 32.2. The Bertz CT molecular complexity index is 253. The SMILES string of the molecule is CC[Si](CC)(CC)CCSCCCSCCCNC(N)=S. The third-order valence-electron chi connectivity index (χ3n) is 4.37. The number of nitrogens with two attached hydrogens (primary N) is 1. The van der Waals surface area contributed by atoms with Crippen molar-refractivity contribution in [1.82, 2.24) is 5.32 Å². The highest BCUT2D eigenvalue weighted by Gasteiger charge is 2.25. The van der Waals surface area contributed by atoms with E-state index in [0.717, 1.165) is 13.0 Å². The van der Waals surface area contributed by atoms with Crippen molar-refractivity contribution in [3.05, 3.63) is 0 Å². The Morgan fingerprint density at radius 1 is 0.952 bits per heavy atom. The quantitative estimate of drug-likeness (QED) is 0.267. The van der Waals surface area contributed by atoms with Gasteiger partial charge in [0.25, 0.3) is 0 Å². The molecule has 0 bridgehead atoms. The zero-order valence-corrected chi connectivity index (χ0v) is 17.5. The van der Waals surface area contributed by atoms with Gasteiger partial charge in [0.15, 0.2) is 5.11 Å². The van der Waals surface area contributed by atoms with E-state index in [0.29, 0.717) is 5.11 Å². The van der Waals surface area contributed by atoms with Gasteiger partial charge in [-0.15, -0.1) is 0 Å². The summed E-state index contributed by atoms with van der Waals surface area (Å²) >= 11 is 8.99. The molecule has 0 radical (unpaired) electrons. The molecule has 0 aromatic heterocycles. The Balaban J connectivity index is 3.34. The zero-order valence-electron chi connectivity index (χ0n) is 14.1. The first-order chi connectivity index (χ1) is 10.1. The molecule has 0 aliphatic heterocycles. The molecule has 0 aromatic carbocycles. The number of rotatable bonds is 14. The fourth-order valence-corrected chi connectivity index (χ4v) is 9.03. The second-order valence-corrected chi connectivity index (χ2v) is 14.0. The van der Waals surface area contributed by atoms with E-state index >= 15 is 0 Å². The summed E-state index contributed by atoms with van der Waals surface area (Å²) in [5, 5.41) is 3.41. The van der Waals surface area contributed by atoms with Crippen LogP contribution in [0.4, 0.5) is 0 Å². The summed E-state index contributed by atoms with van der Waals surface area (Å²) in [6, 6.07) is 5.93. The molecule has 0 atom stereocenters. The molecule has 0 heterocycles. The molecule has 126 valence electrons. The lowest BCUT2D eigenvalue weighted by Gasteiger charge is -2.27. The second-order valence-electron chi connectivity index (χ2n) is 5.53. The molecule has 0 aliphatic rings. The summed E-state index contributed by atoms with van der Waals surface area (Å²) in [5.74, 6) is 5.22. The van der Waals surface area contributed by atoms with Crippen molar-refractivity contribution in [3.63, 3.8) is 0 Å². The maximum Gasteiger partial charge on any atom is 0.163 e. The van der Waals surface area contributed by atoms with Gasteiger partial charge in [-0.05, 0) is 54.1 Å². The van der Waals surface area contributed by atoms with Crippen LogP contribution < -0.4 is 11.1 Å². The van der Waals surface area contributed by atoms with E-state index < -0.39 is 8.07 Å². The monoisotopic (exact) mass is 366 g/mol. The Morgan fingerprint density at radius 2 is 1.48 bits per heavy atom. The average molecular weight is 367 g/mol. The van der Waals surface area contributed by atoms with Crippen LogP contribution in [0.15, 0.2) is 0 Å². The third kappa shape index (κ3) is 11.8. The molecule has 0 amide bonds. The average Bonchev–Trinajstić information content (AvgIpc) is 2.49. The molecule has 2 nitrogen and oxygen atoms in total. The first kappa shape index (κ1) is 21.6. The molecular weight excluding hydrogens is 332 g/mol. The molecule has 0 aromatic rings. The number of nitrogens with one attached hydrogen (secondary N) is 1. The van der Waals surface area contributed by atoms with E-state index in [-0.39, 0.29) is 0 Å². The van der Waals surface area contributed by atoms with Crippen molar-refractivity contribution >= 4 is 48.9 Å². The van der Waals surface area contributed by atoms with E-state index in [4.69, 9.17) is 18.0 Å². The fourth-order valence-electron chi connectivity index (χ4n) is 2.42. The van der Waals surface area contributed by atoms with Crippen LogP contribution in [0.5, 0.6) is 0 Å². The van der Waals surface area contributed by atoms with Crippen molar-refractivity contribution < 1.29 is 0 Å². The molecule has 0 saturated heterocycles. The van der Waals surface area contributed by atoms with E-state index in [1.807, 2.05) is 0 Å². The molecule has 0 spiro atoms. The molecule has 0 aliphatic carbocycles. The third-order valence-corrected chi connectivity index (χ3v) is 12.9. The van der Waals surface area contributed by atoms with Gasteiger partial charge >= 0.3 is 0 Å². The molecular formula is C15H34N2S3Si. The number of hydrogen-bond donors (Lipinski definition) is 2. The largest absolute Gasteiger partial charge is 0.376 e. The standard InChI is InChI=1S/C15H34N2S3Si/c1-4-21(5-2,6-3)14-13-20-12-8-11-19-10-7-9-17-15(16)18/h4-14H2,1-3H3,(H3,16,17,18). The van der Waals surface area contributed by atoms with Gasteiger partial charge in [-0.2, -0.15) is 23.5 Å². The summed E-state index contributed by atoms with van der Waals surface area (Å²) in [5.41, 5.74) is 5.38. The Hall–Kier alpha value is 0.607. The second kappa shape index (κ2) is 14.2. The van der Waals surface area contributed by atoms with E-state index in [1.165, 1.54) is 53.6 Å². The van der Waals surface area contributed by atoms with Gasteiger partial charge in [-0.1, -0.05) is 38.9 Å². The van der Waals surface area contributed by atoms with Crippen molar-refractivity contribution in [3.8, 4) is 0 Å². The van der Waals surface area contributed by atoms with Crippen molar-refractivity contribution in [2.75, 3.05) is 29.6 Å². The molecule has 0 unspecified atom stereocenters. The van der Waals surface area contributed by atoms with Gasteiger partial charge in [0.2, 0.25) is 0 Å². The predicted octanol–water partition coefficient (Wildman–Crippen LogP) is 4.57. The first-order valence-corrected chi connectivity index (χ1v) is 13.8. The molecule has 0 saturated carbocycles. The van der Waals surface area contributed by atoms with Crippen molar-refractivity contribution in [2.24, 2.45) is 5.73 Å². The summed E-state index contributed by atoms with van der Waals surface area (Å²) in [7, 11) is -0.871. The summed E-state index contributed by atoms with van der Waals surface area (Å²) < 4.78 is 0. The number of thiocarbonyl (C=S) groups is 1. The van der Waals surface area contributed by atoms with E-state index in [9.17, 15) is 0 Å². The number of thioether (sulfide) groups is 2. The van der Waals surface area contributed by atoms with Gasteiger partial charge < -0.3 is 11.1 Å². The van der Waals surface area contributed by atoms with Gasteiger partial charge in [-0.25, -0.2) is 0 Å². The van der Waals surface area contributed by atoms with Crippen LogP contribution in [0.1, 0.15) is 33.6 Å². The minimum Gasteiger partial charge on any atom is -0.376 e. The maximum atomic E-state index is 5.38. The van der Waals surface area contributed by atoms with Crippen molar-refractivity contribution in [2.45, 2.75) is 57.8 Å².